The quantitative estimate of drug-likeness (QED) is 0.756. The van der Waals surface area contributed by atoms with Gasteiger partial charge in [-0.2, -0.15) is 0 Å². The monoisotopic (exact) mass is 299 g/mol. The predicted octanol–water partition coefficient (Wildman–Crippen LogP) is 3.33. The van der Waals surface area contributed by atoms with Crippen molar-refractivity contribution in [3.8, 4) is 0 Å². The molecule has 1 unspecified atom stereocenters. The zero-order valence-electron chi connectivity index (χ0n) is 12.5. The summed E-state index contributed by atoms with van der Waals surface area (Å²) in [6, 6.07) is 8.81. The van der Waals surface area contributed by atoms with Crippen molar-refractivity contribution in [2.45, 2.75) is 19.8 Å². The molecule has 1 atom stereocenters. The molecule has 21 heavy (non-hydrogen) atoms. The summed E-state index contributed by atoms with van der Waals surface area (Å²) in [4.78, 5) is 5.79. The number of rotatable bonds is 6. The van der Waals surface area contributed by atoms with E-state index in [9.17, 15) is 0 Å². The van der Waals surface area contributed by atoms with E-state index in [2.05, 4.69) is 58.7 Å². The molecule has 4 heteroatoms. The third-order valence-corrected chi connectivity index (χ3v) is 4.51. The molecule has 0 saturated heterocycles. The molecule has 0 bridgehead atoms. The second kappa shape index (κ2) is 6.41. The number of aryl methyl sites for hydroxylation is 1. The second-order valence-electron chi connectivity index (χ2n) is 5.65. The zero-order chi connectivity index (χ0) is 14.7. The van der Waals surface area contributed by atoms with Crippen molar-refractivity contribution in [3.63, 3.8) is 0 Å². The fraction of sp³-hybridized carbons (Fsp3) is 0.353. The zero-order valence-corrected chi connectivity index (χ0v) is 13.4. The highest BCUT2D eigenvalue weighted by Gasteiger charge is 2.13. The maximum Gasteiger partial charge on any atom is 0.193 e. The molecule has 0 aliphatic rings. The van der Waals surface area contributed by atoms with Gasteiger partial charge < -0.3 is 5.32 Å². The van der Waals surface area contributed by atoms with Crippen LogP contribution in [0.1, 0.15) is 16.8 Å². The number of aromatic nitrogens is 2. The van der Waals surface area contributed by atoms with Crippen molar-refractivity contribution in [2.75, 3.05) is 13.6 Å². The summed E-state index contributed by atoms with van der Waals surface area (Å²) in [5, 5.41) is 5.39. The van der Waals surface area contributed by atoms with Crippen LogP contribution in [0.2, 0.25) is 0 Å². The Hall–Kier alpha value is -1.65. The molecular weight excluding hydrogens is 278 g/mol. The Morgan fingerprint density at radius 1 is 1.33 bits per heavy atom. The number of nitrogens with one attached hydrogen (secondary N) is 1. The normalized spacial score (nSPS) is 12.9. The SMILES string of the molecule is CNCC(Cc1cccc(C)c1)Cc1cn2ccsc2n1. The van der Waals surface area contributed by atoms with E-state index < -0.39 is 0 Å². The van der Waals surface area contributed by atoms with Gasteiger partial charge in [-0.25, -0.2) is 4.98 Å². The fourth-order valence-electron chi connectivity index (χ4n) is 2.85. The van der Waals surface area contributed by atoms with Crippen LogP contribution < -0.4 is 5.32 Å². The molecule has 0 aliphatic carbocycles. The second-order valence-corrected chi connectivity index (χ2v) is 6.52. The van der Waals surface area contributed by atoms with Crippen LogP contribution in [0.25, 0.3) is 4.96 Å². The van der Waals surface area contributed by atoms with Crippen molar-refractivity contribution < 1.29 is 0 Å². The molecule has 3 rings (SSSR count). The van der Waals surface area contributed by atoms with Gasteiger partial charge in [-0.1, -0.05) is 29.8 Å². The predicted molar refractivity (Wildman–Crippen MR) is 89.1 cm³/mol. The Balaban J connectivity index is 1.73. The molecule has 0 amide bonds. The van der Waals surface area contributed by atoms with Crippen LogP contribution in [-0.4, -0.2) is 23.0 Å². The first kappa shape index (κ1) is 14.3. The first-order valence-corrected chi connectivity index (χ1v) is 8.24. The summed E-state index contributed by atoms with van der Waals surface area (Å²) in [6.07, 6.45) is 6.34. The van der Waals surface area contributed by atoms with Crippen LogP contribution in [0.4, 0.5) is 0 Å². The molecule has 2 aromatic heterocycles. The van der Waals surface area contributed by atoms with Crippen LogP contribution in [0.15, 0.2) is 42.0 Å². The van der Waals surface area contributed by atoms with Crippen LogP contribution in [0.5, 0.6) is 0 Å². The number of hydrogen-bond donors (Lipinski definition) is 1. The molecule has 1 N–H and O–H groups in total. The molecule has 0 saturated carbocycles. The van der Waals surface area contributed by atoms with Crippen LogP contribution >= 0.6 is 11.3 Å². The topological polar surface area (TPSA) is 29.3 Å². The smallest absolute Gasteiger partial charge is 0.193 e. The highest BCUT2D eigenvalue weighted by Crippen LogP contribution is 2.17. The Morgan fingerprint density at radius 2 is 2.24 bits per heavy atom. The summed E-state index contributed by atoms with van der Waals surface area (Å²) in [5.74, 6) is 0.571. The van der Waals surface area contributed by atoms with Crippen molar-refractivity contribution >= 4 is 16.3 Å². The summed E-state index contributed by atoms with van der Waals surface area (Å²) in [6.45, 7) is 3.17. The van der Waals surface area contributed by atoms with E-state index in [4.69, 9.17) is 4.98 Å². The van der Waals surface area contributed by atoms with E-state index in [1.807, 2.05) is 7.05 Å². The maximum atomic E-state index is 4.71. The fourth-order valence-corrected chi connectivity index (χ4v) is 3.57. The lowest BCUT2D eigenvalue weighted by Crippen LogP contribution is -2.23. The van der Waals surface area contributed by atoms with Crippen molar-refractivity contribution in [1.82, 2.24) is 14.7 Å². The molecule has 0 spiro atoms. The minimum Gasteiger partial charge on any atom is -0.319 e. The van der Waals surface area contributed by atoms with Gasteiger partial charge in [0.15, 0.2) is 4.96 Å². The van der Waals surface area contributed by atoms with Gasteiger partial charge in [-0.05, 0) is 44.8 Å². The molecule has 110 valence electrons. The number of fused-ring (bicyclic) bond motifs is 1. The average molecular weight is 299 g/mol. The molecule has 0 radical (unpaired) electrons. The van der Waals surface area contributed by atoms with Crippen molar-refractivity contribution in [3.05, 3.63) is 58.9 Å². The summed E-state index contributed by atoms with van der Waals surface area (Å²) >= 11 is 1.69. The number of hydrogen-bond acceptors (Lipinski definition) is 3. The minimum atomic E-state index is 0.571. The lowest BCUT2D eigenvalue weighted by atomic mass is 9.94. The largest absolute Gasteiger partial charge is 0.319 e. The molecule has 3 aromatic rings. The number of imidazole rings is 1. The number of thiazole rings is 1. The first-order valence-electron chi connectivity index (χ1n) is 7.36. The third kappa shape index (κ3) is 3.52. The minimum absolute atomic E-state index is 0.571. The highest BCUT2D eigenvalue weighted by molar-refractivity contribution is 7.15. The summed E-state index contributed by atoms with van der Waals surface area (Å²) in [7, 11) is 2.02. The van der Waals surface area contributed by atoms with Crippen LogP contribution in [-0.2, 0) is 12.8 Å². The van der Waals surface area contributed by atoms with Gasteiger partial charge in [0.05, 0.1) is 5.69 Å². The Bertz CT molecular complexity index is 685. The van der Waals surface area contributed by atoms with Crippen molar-refractivity contribution in [2.24, 2.45) is 5.92 Å². The maximum absolute atomic E-state index is 4.71. The van der Waals surface area contributed by atoms with Crippen molar-refractivity contribution in [1.29, 1.82) is 0 Å². The molecule has 3 nitrogen and oxygen atoms in total. The Labute approximate surface area is 129 Å². The van der Waals surface area contributed by atoms with Gasteiger partial charge in [0.1, 0.15) is 0 Å². The summed E-state index contributed by atoms with van der Waals surface area (Å²) < 4.78 is 2.11. The van der Waals surface area contributed by atoms with E-state index in [0.29, 0.717) is 5.92 Å². The molecule has 2 heterocycles. The van der Waals surface area contributed by atoms with E-state index in [-0.39, 0.29) is 0 Å². The third-order valence-electron chi connectivity index (χ3n) is 3.74. The number of nitrogens with zero attached hydrogens (tertiary/aromatic N) is 2. The first-order chi connectivity index (χ1) is 10.2. The molecular formula is C17H21N3S. The highest BCUT2D eigenvalue weighted by atomic mass is 32.1. The van der Waals surface area contributed by atoms with Gasteiger partial charge in [0.2, 0.25) is 0 Å². The van der Waals surface area contributed by atoms with Gasteiger partial charge in [-0.3, -0.25) is 4.40 Å². The Morgan fingerprint density at radius 3 is 3.00 bits per heavy atom. The van der Waals surface area contributed by atoms with E-state index in [1.165, 1.54) is 16.8 Å². The van der Waals surface area contributed by atoms with Gasteiger partial charge >= 0.3 is 0 Å². The van der Waals surface area contributed by atoms with Gasteiger partial charge in [0.25, 0.3) is 0 Å². The van der Waals surface area contributed by atoms with Gasteiger partial charge in [-0.15, -0.1) is 11.3 Å². The van der Waals surface area contributed by atoms with Crippen LogP contribution in [0, 0.1) is 12.8 Å². The number of benzene rings is 1. The van der Waals surface area contributed by atoms with E-state index in [1.54, 1.807) is 11.3 Å². The Kier molecular flexibility index (Phi) is 4.36. The lowest BCUT2D eigenvalue weighted by Gasteiger charge is -2.15. The molecule has 1 aromatic carbocycles. The van der Waals surface area contributed by atoms with E-state index >= 15 is 0 Å². The summed E-state index contributed by atoms with van der Waals surface area (Å²) in [5.41, 5.74) is 3.93. The van der Waals surface area contributed by atoms with E-state index in [0.717, 1.165) is 24.3 Å². The average Bonchev–Trinajstić information content (AvgIpc) is 3.00. The molecule has 0 aliphatic heterocycles. The standard InChI is InChI=1S/C17H21N3S/c1-13-4-3-5-14(8-13)9-15(11-18-2)10-16-12-20-6-7-21-17(20)19-16/h3-8,12,15,18H,9-11H2,1-2H3. The lowest BCUT2D eigenvalue weighted by molar-refractivity contribution is 0.489. The molecule has 0 fully saturated rings. The van der Waals surface area contributed by atoms with Crippen LogP contribution in [0.3, 0.4) is 0 Å². The van der Waals surface area contributed by atoms with Gasteiger partial charge in [0, 0.05) is 17.8 Å².